The van der Waals surface area contributed by atoms with Gasteiger partial charge in [-0.25, -0.2) is 0 Å². The van der Waals surface area contributed by atoms with Crippen molar-refractivity contribution in [2.45, 2.75) is 25.9 Å². The van der Waals surface area contributed by atoms with Gasteiger partial charge in [-0.2, -0.15) is 0 Å². The lowest BCUT2D eigenvalue weighted by atomic mass is 10.1. The summed E-state index contributed by atoms with van der Waals surface area (Å²) < 4.78 is 0. The summed E-state index contributed by atoms with van der Waals surface area (Å²) in [6, 6.07) is 1.15. The summed E-state index contributed by atoms with van der Waals surface area (Å²) in [7, 11) is 0. The molecule has 77 valence electrons. The average Bonchev–Trinajstić information content (AvgIpc) is 2.18. The molecular weight excluding hydrogens is 174 g/mol. The van der Waals surface area contributed by atoms with Crippen LogP contribution in [0.3, 0.4) is 0 Å². The van der Waals surface area contributed by atoms with Crippen molar-refractivity contribution in [3.8, 4) is 0 Å². The highest BCUT2D eigenvalue weighted by Crippen LogP contribution is 2.12. The zero-order chi connectivity index (χ0) is 9.97. The highest BCUT2D eigenvalue weighted by atomic mass is 15.2. The Morgan fingerprint density at radius 2 is 2.07 bits per heavy atom. The largest absolute Gasteiger partial charge is 0.385 e. The molecule has 1 fully saturated rings. The second kappa shape index (κ2) is 4.05. The summed E-state index contributed by atoms with van der Waals surface area (Å²) in [5.74, 6) is 0. The van der Waals surface area contributed by atoms with E-state index in [1.54, 1.807) is 0 Å². The van der Waals surface area contributed by atoms with Crippen LogP contribution in [0.4, 0.5) is 0 Å². The van der Waals surface area contributed by atoms with Crippen molar-refractivity contribution >= 4 is 0 Å². The Morgan fingerprint density at radius 3 is 2.64 bits per heavy atom. The third-order valence-electron chi connectivity index (χ3n) is 2.68. The maximum Gasteiger partial charge on any atom is 0.0544 e. The average molecular weight is 192 g/mol. The molecule has 0 aromatic carbocycles. The lowest BCUT2D eigenvalue weighted by Gasteiger charge is -2.39. The van der Waals surface area contributed by atoms with Gasteiger partial charge in [0, 0.05) is 43.1 Å². The Kier molecular flexibility index (Phi) is 2.77. The number of hydrogen-bond donors (Lipinski definition) is 2. The van der Waals surface area contributed by atoms with E-state index in [9.17, 15) is 0 Å². The Bertz CT molecular complexity index is 247. The van der Waals surface area contributed by atoms with Gasteiger partial charge in [-0.3, -0.25) is 0 Å². The van der Waals surface area contributed by atoms with Gasteiger partial charge in [0.05, 0.1) is 6.54 Å². The quantitative estimate of drug-likeness (QED) is 0.632. The van der Waals surface area contributed by atoms with E-state index in [0.29, 0.717) is 12.1 Å². The summed E-state index contributed by atoms with van der Waals surface area (Å²) in [5, 5.41) is 6.73. The summed E-state index contributed by atoms with van der Waals surface area (Å²) in [4.78, 5) is 2.44. The number of allylic oxidation sites excluding steroid dienone is 2. The smallest absolute Gasteiger partial charge is 0.0544 e. The van der Waals surface area contributed by atoms with Crippen LogP contribution in [0.1, 0.15) is 13.8 Å². The highest BCUT2D eigenvalue weighted by Gasteiger charge is 2.22. The first-order chi connectivity index (χ1) is 6.75. The summed E-state index contributed by atoms with van der Waals surface area (Å²) in [6.45, 7) is 7.60. The molecule has 1 radical (unpaired) electrons. The first-order valence-electron chi connectivity index (χ1n) is 5.27. The minimum atomic E-state index is 0.575. The maximum absolute atomic E-state index is 3.53. The van der Waals surface area contributed by atoms with E-state index in [0.717, 1.165) is 19.6 Å². The maximum atomic E-state index is 3.53. The fourth-order valence-corrected chi connectivity index (χ4v) is 2.17. The van der Waals surface area contributed by atoms with E-state index in [2.05, 4.69) is 41.5 Å². The Labute approximate surface area is 85.9 Å². The molecule has 0 aromatic heterocycles. The van der Waals surface area contributed by atoms with E-state index in [-0.39, 0.29) is 0 Å². The van der Waals surface area contributed by atoms with E-state index >= 15 is 0 Å². The number of nitrogens with one attached hydrogen (secondary N) is 2. The second-order valence-electron chi connectivity index (χ2n) is 4.20. The van der Waals surface area contributed by atoms with Crippen LogP contribution in [0, 0.1) is 6.08 Å². The standard InChI is InChI=1S/C11H18N3/c1-9-7-14(8-10(2)13-9)11-4-3-5-12-6-11/h4-5,9-10,12-13H,6-8H2,1-2H3/t9-,10+. The summed E-state index contributed by atoms with van der Waals surface area (Å²) >= 11 is 0. The lowest BCUT2D eigenvalue weighted by molar-refractivity contribution is 0.211. The van der Waals surface area contributed by atoms with Gasteiger partial charge in [-0.15, -0.1) is 0 Å². The molecule has 2 heterocycles. The van der Waals surface area contributed by atoms with Gasteiger partial charge in [0.1, 0.15) is 0 Å². The molecule has 2 atom stereocenters. The van der Waals surface area contributed by atoms with Gasteiger partial charge in [-0.05, 0) is 19.9 Å². The van der Waals surface area contributed by atoms with Gasteiger partial charge in [0.25, 0.3) is 0 Å². The third-order valence-corrected chi connectivity index (χ3v) is 2.68. The zero-order valence-corrected chi connectivity index (χ0v) is 8.88. The predicted molar refractivity (Wildman–Crippen MR) is 57.5 cm³/mol. The summed E-state index contributed by atoms with van der Waals surface area (Å²) in [5.41, 5.74) is 1.35. The number of nitrogens with zero attached hydrogens (tertiary/aromatic N) is 1. The molecule has 0 unspecified atom stereocenters. The molecule has 3 heteroatoms. The van der Waals surface area contributed by atoms with Crippen molar-refractivity contribution in [3.63, 3.8) is 0 Å². The van der Waals surface area contributed by atoms with E-state index in [4.69, 9.17) is 0 Å². The lowest BCUT2D eigenvalue weighted by Crippen LogP contribution is -2.54. The molecule has 2 aliphatic heterocycles. The van der Waals surface area contributed by atoms with Crippen molar-refractivity contribution in [3.05, 3.63) is 24.0 Å². The van der Waals surface area contributed by atoms with Crippen molar-refractivity contribution < 1.29 is 0 Å². The molecule has 0 bridgehead atoms. The predicted octanol–water partition coefficient (Wildman–Crippen LogP) is 0.473. The molecule has 0 aromatic rings. The normalized spacial score (nSPS) is 32.4. The SMILES string of the molecule is C[C@@H]1CN(C2=C[C]=CNC2)C[C@H](C)N1. The number of rotatable bonds is 1. The molecule has 0 saturated carbocycles. The number of hydrogen-bond acceptors (Lipinski definition) is 3. The van der Waals surface area contributed by atoms with E-state index in [1.165, 1.54) is 5.70 Å². The van der Waals surface area contributed by atoms with Crippen molar-refractivity contribution in [1.29, 1.82) is 0 Å². The topological polar surface area (TPSA) is 27.3 Å². The van der Waals surface area contributed by atoms with Gasteiger partial charge >= 0.3 is 0 Å². The minimum absolute atomic E-state index is 0.575. The van der Waals surface area contributed by atoms with Crippen LogP contribution in [0.5, 0.6) is 0 Å². The van der Waals surface area contributed by atoms with Gasteiger partial charge in [-0.1, -0.05) is 0 Å². The van der Waals surface area contributed by atoms with Crippen LogP contribution in [-0.4, -0.2) is 36.6 Å². The molecule has 0 spiro atoms. The van der Waals surface area contributed by atoms with Crippen LogP contribution in [0.2, 0.25) is 0 Å². The number of piperazine rings is 1. The molecule has 3 nitrogen and oxygen atoms in total. The van der Waals surface area contributed by atoms with Crippen LogP contribution >= 0.6 is 0 Å². The zero-order valence-electron chi connectivity index (χ0n) is 8.88. The fraction of sp³-hybridized carbons (Fsp3) is 0.636. The van der Waals surface area contributed by atoms with E-state index in [1.807, 2.05) is 6.20 Å². The first kappa shape index (κ1) is 9.59. The Balaban J connectivity index is 2.02. The molecule has 2 N–H and O–H groups in total. The summed E-state index contributed by atoms with van der Waals surface area (Å²) in [6.07, 6.45) is 7.06. The Morgan fingerprint density at radius 1 is 1.36 bits per heavy atom. The molecule has 0 amide bonds. The molecular formula is C11H18N3. The first-order valence-corrected chi connectivity index (χ1v) is 5.27. The monoisotopic (exact) mass is 192 g/mol. The third kappa shape index (κ3) is 2.10. The van der Waals surface area contributed by atoms with Crippen molar-refractivity contribution in [1.82, 2.24) is 15.5 Å². The van der Waals surface area contributed by atoms with Crippen LogP contribution in [0.25, 0.3) is 0 Å². The van der Waals surface area contributed by atoms with Gasteiger partial charge in [0.2, 0.25) is 0 Å². The van der Waals surface area contributed by atoms with Crippen molar-refractivity contribution in [2.24, 2.45) is 0 Å². The highest BCUT2D eigenvalue weighted by molar-refractivity contribution is 5.14. The second-order valence-corrected chi connectivity index (χ2v) is 4.20. The molecule has 1 saturated heterocycles. The van der Waals surface area contributed by atoms with Gasteiger partial charge in [0.15, 0.2) is 0 Å². The van der Waals surface area contributed by atoms with Crippen LogP contribution < -0.4 is 10.6 Å². The molecule has 2 rings (SSSR count). The molecule has 2 aliphatic rings. The Hall–Kier alpha value is -0.960. The van der Waals surface area contributed by atoms with Crippen LogP contribution in [-0.2, 0) is 0 Å². The van der Waals surface area contributed by atoms with E-state index < -0.39 is 0 Å². The minimum Gasteiger partial charge on any atom is -0.385 e. The van der Waals surface area contributed by atoms with Gasteiger partial charge < -0.3 is 15.5 Å². The van der Waals surface area contributed by atoms with Crippen LogP contribution in [0.15, 0.2) is 18.0 Å². The fourth-order valence-electron chi connectivity index (χ4n) is 2.17. The van der Waals surface area contributed by atoms with Crippen molar-refractivity contribution in [2.75, 3.05) is 19.6 Å². The number of dihydropyridines is 1. The molecule has 0 aliphatic carbocycles. The molecule has 14 heavy (non-hydrogen) atoms.